The van der Waals surface area contributed by atoms with Crippen LogP contribution in [0.3, 0.4) is 0 Å². The average Bonchev–Trinajstić information content (AvgIpc) is 3.64. The predicted molar refractivity (Wildman–Crippen MR) is 141 cm³/mol. The first kappa shape index (κ1) is 24.4. The van der Waals surface area contributed by atoms with Crippen molar-refractivity contribution >= 4 is 46.4 Å². The van der Waals surface area contributed by atoms with Crippen LogP contribution in [-0.4, -0.2) is 19.9 Å². The van der Waals surface area contributed by atoms with Gasteiger partial charge in [-0.3, -0.25) is 0 Å². The van der Waals surface area contributed by atoms with Crippen molar-refractivity contribution in [3.05, 3.63) is 102 Å². The fraction of sp³-hybridized carbons (Fsp3) is 0.103. The van der Waals surface area contributed by atoms with Gasteiger partial charge in [-0.2, -0.15) is 4.57 Å². The van der Waals surface area contributed by atoms with Crippen molar-refractivity contribution in [2.45, 2.75) is 20.8 Å². The van der Waals surface area contributed by atoms with E-state index in [0.717, 1.165) is 67.2 Å². The van der Waals surface area contributed by atoms with Crippen molar-refractivity contribution in [1.82, 2.24) is 19.9 Å². The number of hydrogen-bond donors (Lipinski definition) is 2. The van der Waals surface area contributed by atoms with Crippen molar-refractivity contribution in [3.63, 3.8) is 0 Å². The van der Waals surface area contributed by atoms with E-state index in [0.29, 0.717) is 0 Å². The monoisotopic (exact) mass is 504 g/mol. The van der Waals surface area contributed by atoms with E-state index in [1.807, 2.05) is 18.2 Å². The molecule has 2 aliphatic rings. The molecule has 6 heterocycles. The minimum absolute atomic E-state index is 0. The zero-order chi connectivity index (χ0) is 22.5. The molecule has 8 bridgehead atoms. The van der Waals surface area contributed by atoms with Crippen molar-refractivity contribution in [3.8, 4) is 5.69 Å². The summed E-state index contributed by atoms with van der Waals surface area (Å²) in [4.78, 5) is 17.0. The largest absolute Gasteiger partial charge is 0.358 e. The molecule has 6 heteroatoms. The van der Waals surface area contributed by atoms with Crippen LogP contribution >= 0.6 is 0 Å². The molecule has 35 heavy (non-hydrogen) atoms. The summed E-state index contributed by atoms with van der Waals surface area (Å²) in [5.74, 6) is 0. The van der Waals surface area contributed by atoms with Gasteiger partial charge < -0.3 is 17.4 Å². The molecule has 0 saturated carbocycles. The predicted octanol–water partition coefficient (Wildman–Crippen LogP) is 6.31. The van der Waals surface area contributed by atoms with Crippen LogP contribution in [0.25, 0.3) is 52.1 Å². The number of aromatic amines is 2. The molecule has 177 valence electrons. The summed E-state index contributed by atoms with van der Waals surface area (Å²) in [7, 11) is 0. The van der Waals surface area contributed by atoms with Gasteiger partial charge in [0.1, 0.15) is 5.52 Å². The van der Waals surface area contributed by atoms with E-state index < -0.39 is 0 Å². The minimum atomic E-state index is 0. The number of nitrogens with one attached hydrogen (secondary N) is 2. The zero-order valence-corrected chi connectivity index (χ0v) is 21.2. The van der Waals surface area contributed by atoms with Crippen molar-refractivity contribution in [1.29, 1.82) is 0 Å². The van der Waals surface area contributed by atoms with Crippen LogP contribution in [0.15, 0.2) is 54.9 Å². The molecule has 0 amide bonds. The number of hydrogen-bond acceptors (Lipinski definition) is 2. The molecular formula is C29H27CoN5. The topological polar surface area (TPSA) is 61.2 Å². The summed E-state index contributed by atoms with van der Waals surface area (Å²) in [6.45, 7) is 6.32. The number of fused-ring (bicyclic) bond motifs is 8. The second kappa shape index (κ2) is 9.48. The number of aromatic nitrogens is 5. The fourth-order valence-electron chi connectivity index (χ4n) is 4.43. The molecule has 0 atom stereocenters. The van der Waals surface area contributed by atoms with Crippen molar-refractivity contribution in [2.24, 2.45) is 0 Å². The van der Waals surface area contributed by atoms with E-state index in [4.69, 9.17) is 9.97 Å². The van der Waals surface area contributed by atoms with E-state index in [-0.39, 0.29) is 24.2 Å². The summed E-state index contributed by atoms with van der Waals surface area (Å²) in [6, 6.07) is 14.6. The van der Waals surface area contributed by atoms with Gasteiger partial charge in [-0.25, -0.2) is 9.97 Å². The first-order chi connectivity index (χ1) is 16.1. The molecule has 2 N–H and O–H groups in total. The third kappa shape index (κ3) is 4.27. The maximum absolute atomic E-state index is 4.97. The van der Waals surface area contributed by atoms with Gasteiger partial charge in [0.15, 0.2) is 12.4 Å². The Morgan fingerprint density at radius 3 is 1.91 bits per heavy atom. The minimum Gasteiger partial charge on any atom is -0.358 e. The summed E-state index contributed by atoms with van der Waals surface area (Å²) in [5, 5.41) is 0. The van der Waals surface area contributed by atoms with Crippen LogP contribution in [0.2, 0.25) is 0 Å². The Labute approximate surface area is 215 Å². The SMILES string of the molecule is Cc1c2nc(c(C)c3ccc(cc4cc(-[n+]5ccccc5)c([nH]4)c(C)c4nc1C=C4)[nH]3)C=C2.[CH3-].[Co]. The molecule has 0 aliphatic carbocycles. The normalized spacial score (nSPS) is 11.7. The van der Waals surface area contributed by atoms with E-state index in [2.05, 4.69) is 96.3 Å². The molecule has 1 radical (unpaired) electrons. The first-order valence-electron chi connectivity index (χ1n) is 11.1. The van der Waals surface area contributed by atoms with Gasteiger partial charge in [-0.15, -0.1) is 0 Å². The Morgan fingerprint density at radius 1 is 0.657 bits per heavy atom. The Balaban J connectivity index is 0.00000144. The molecule has 4 aromatic heterocycles. The number of aryl methyl sites for hydroxylation is 2. The molecular weight excluding hydrogens is 477 g/mol. The Hall–Kier alpha value is -3.74. The number of H-pyrrole nitrogens is 2. The molecule has 0 spiro atoms. The van der Waals surface area contributed by atoms with Gasteiger partial charge in [-0.1, -0.05) is 6.07 Å². The third-order valence-electron chi connectivity index (χ3n) is 6.43. The first-order valence-corrected chi connectivity index (χ1v) is 11.1. The molecule has 0 fully saturated rings. The van der Waals surface area contributed by atoms with Crippen LogP contribution in [0, 0.1) is 28.2 Å². The van der Waals surface area contributed by atoms with Crippen LogP contribution in [-0.2, 0) is 16.8 Å². The second-order valence-corrected chi connectivity index (χ2v) is 8.55. The van der Waals surface area contributed by atoms with Crippen LogP contribution in [0.5, 0.6) is 0 Å². The molecule has 0 unspecified atom stereocenters. The maximum Gasteiger partial charge on any atom is 0.236 e. The molecule has 0 saturated heterocycles. The Morgan fingerprint density at radius 2 is 1.26 bits per heavy atom. The number of nitrogens with zero attached hydrogens (tertiary/aromatic N) is 3. The van der Waals surface area contributed by atoms with E-state index in [9.17, 15) is 0 Å². The van der Waals surface area contributed by atoms with Crippen LogP contribution in [0.4, 0.5) is 0 Å². The molecule has 0 aromatic carbocycles. The van der Waals surface area contributed by atoms with E-state index in [1.165, 1.54) is 0 Å². The quantitative estimate of drug-likeness (QED) is 0.204. The standard InChI is InChI=1S/C28H24N5.CH3.Co/c1-17-22-8-7-20(29-22)15-21-16-27(33-13-5-4-6-14-33)28(30-21)19(3)26-12-11-25(32-26)18(2)24-10-9-23(17)31-24;;/h4-16,29-30H,1-3H3;1H3;/q+1;-1;. The molecule has 5 nitrogen and oxygen atoms in total. The number of pyridine rings is 1. The van der Waals surface area contributed by atoms with Gasteiger partial charge in [0, 0.05) is 62.7 Å². The fourth-order valence-corrected chi connectivity index (χ4v) is 4.43. The summed E-state index contributed by atoms with van der Waals surface area (Å²) in [5.41, 5.74) is 12.4. The van der Waals surface area contributed by atoms with Gasteiger partial charge in [0.2, 0.25) is 5.69 Å². The Kier molecular flexibility index (Phi) is 6.61. The molecule has 4 aromatic rings. The zero-order valence-electron chi connectivity index (χ0n) is 20.2. The van der Waals surface area contributed by atoms with Crippen LogP contribution < -0.4 is 4.57 Å². The van der Waals surface area contributed by atoms with E-state index in [1.54, 1.807) is 0 Å². The van der Waals surface area contributed by atoms with Gasteiger partial charge in [-0.05, 0) is 68.8 Å². The Bertz CT molecular complexity index is 1640. The van der Waals surface area contributed by atoms with Crippen LogP contribution in [0.1, 0.15) is 39.5 Å². The van der Waals surface area contributed by atoms with Gasteiger partial charge in [0.25, 0.3) is 0 Å². The van der Waals surface area contributed by atoms with Gasteiger partial charge >= 0.3 is 0 Å². The molecule has 6 rings (SSSR count). The number of rotatable bonds is 1. The second-order valence-electron chi connectivity index (χ2n) is 8.55. The summed E-state index contributed by atoms with van der Waals surface area (Å²) in [6.07, 6.45) is 12.5. The summed E-state index contributed by atoms with van der Waals surface area (Å²) < 4.78 is 2.13. The van der Waals surface area contributed by atoms with Crippen molar-refractivity contribution in [2.75, 3.05) is 0 Å². The smallest absolute Gasteiger partial charge is 0.236 e. The van der Waals surface area contributed by atoms with E-state index >= 15 is 0 Å². The van der Waals surface area contributed by atoms with Crippen molar-refractivity contribution < 1.29 is 21.3 Å². The third-order valence-corrected chi connectivity index (χ3v) is 6.43. The summed E-state index contributed by atoms with van der Waals surface area (Å²) >= 11 is 0. The average molecular weight is 505 g/mol. The maximum atomic E-state index is 4.97. The van der Waals surface area contributed by atoms with Gasteiger partial charge in [0.05, 0.1) is 22.8 Å². The molecule has 2 aliphatic heterocycles.